The molecule has 3 rings (SSSR count). The van der Waals surface area contributed by atoms with Gasteiger partial charge in [-0.25, -0.2) is 0 Å². The molecule has 1 saturated carbocycles. The Morgan fingerprint density at radius 2 is 2.10 bits per heavy atom. The summed E-state index contributed by atoms with van der Waals surface area (Å²) >= 11 is 0. The van der Waals surface area contributed by atoms with Gasteiger partial charge in [-0.05, 0) is 44.2 Å². The number of rotatable bonds is 5. The molecule has 0 bridgehead atoms. The quantitative estimate of drug-likeness (QED) is 0.835. The zero-order valence-electron chi connectivity index (χ0n) is 12.8. The number of carbonyl (C=O) groups excluding carboxylic acids is 1. The Kier molecular flexibility index (Phi) is 3.91. The van der Waals surface area contributed by atoms with E-state index in [1.165, 1.54) is 12.8 Å². The Morgan fingerprint density at radius 1 is 1.33 bits per heavy atom. The number of hydrogen-bond acceptors (Lipinski definition) is 2. The van der Waals surface area contributed by atoms with Crippen molar-refractivity contribution in [3.8, 4) is 0 Å². The minimum atomic E-state index is 0.158. The molecule has 2 aromatic rings. The third-order valence-corrected chi connectivity index (χ3v) is 4.03. The molecule has 1 amide bonds. The van der Waals surface area contributed by atoms with Crippen LogP contribution in [0.1, 0.15) is 42.2 Å². The molecule has 0 N–H and O–H groups in total. The van der Waals surface area contributed by atoms with Crippen molar-refractivity contribution in [1.29, 1.82) is 0 Å². The van der Waals surface area contributed by atoms with Crippen molar-refractivity contribution in [3.63, 3.8) is 0 Å². The molecule has 21 heavy (non-hydrogen) atoms. The maximum Gasteiger partial charge on any atom is 0.254 e. The summed E-state index contributed by atoms with van der Waals surface area (Å²) < 4.78 is 0. The number of fused-ring (bicyclic) bond motifs is 1. The highest BCUT2D eigenvalue weighted by Gasteiger charge is 2.27. The van der Waals surface area contributed by atoms with Gasteiger partial charge in [-0.3, -0.25) is 9.78 Å². The first-order valence-electron chi connectivity index (χ1n) is 7.84. The lowest BCUT2D eigenvalue weighted by atomic mass is 10.1. The van der Waals surface area contributed by atoms with Crippen molar-refractivity contribution in [1.82, 2.24) is 9.88 Å². The molecular weight excluding hydrogens is 260 g/mol. The van der Waals surface area contributed by atoms with Crippen LogP contribution in [-0.4, -0.2) is 28.9 Å². The minimum absolute atomic E-state index is 0.158. The average Bonchev–Trinajstić information content (AvgIpc) is 3.29. The van der Waals surface area contributed by atoms with Gasteiger partial charge in [-0.15, -0.1) is 0 Å². The van der Waals surface area contributed by atoms with E-state index in [-0.39, 0.29) is 5.91 Å². The van der Waals surface area contributed by atoms with Gasteiger partial charge in [-0.2, -0.15) is 0 Å². The minimum Gasteiger partial charge on any atom is -0.338 e. The van der Waals surface area contributed by atoms with Crippen molar-refractivity contribution < 1.29 is 4.79 Å². The predicted octanol–water partition coefficient (Wildman–Crippen LogP) is 3.81. The van der Waals surface area contributed by atoms with Gasteiger partial charge in [0.05, 0.1) is 11.1 Å². The van der Waals surface area contributed by atoms with Crippen LogP contribution in [0.3, 0.4) is 0 Å². The summed E-state index contributed by atoms with van der Waals surface area (Å²) in [6, 6.07) is 9.85. The van der Waals surface area contributed by atoms with E-state index in [4.69, 9.17) is 0 Å². The molecule has 1 heterocycles. The van der Waals surface area contributed by atoms with E-state index in [1.807, 2.05) is 42.2 Å². The number of carbonyl (C=O) groups is 1. The molecule has 0 aliphatic heterocycles. The largest absolute Gasteiger partial charge is 0.338 e. The first-order chi connectivity index (χ1) is 10.2. The third kappa shape index (κ3) is 3.07. The van der Waals surface area contributed by atoms with Crippen molar-refractivity contribution in [3.05, 3.63) is 41.6 Å². The van der Waals surface area contributed by atoms with Crippen molar-refractivity contribution in [2.24, 2.45) is 5.92 Å². The zero-order chi connectivity index (χ0) is 14.8. The number of benzene rings is 1. The summed E-state index contributed by atoms with van der Waals surface area (Å²) in [5, 5.41) is 0.963. The van der Waals surface area contributed by atoms with Crippen LogP contribution in [0.25, 0.3) is 10.9 Å². The van der Waals surface area contributed by atoms with E-state index < -0.39 is 0 Å². The fraction of sp³-hybridized carbons (Fsp3) is 0.444. The summed E-state index contributed by atoms with van der Waals surface area (Å²) in [6.45, 7) is 5.82. The topological polar surface area (TPSA) is 33.2 Å². The number of para-hydroxylation sites is 1. The van der Waals surface area contributed by atoms with Crippen LogP contribution < -0.4 is 0 Å². The fourth-order valence-corrected chi connectivity index (χ4v) is 2.81. The molecule has 0 spiro atoms. The van der Waals surface area contributed by atoms with Gasteiger partial charge in [0.15, 0.2) is 0 Å². The molecule has 3 nitrogen and oxygen atoms in total. The highest BCUT2D eigenvalue weighted by molar-refractivity contribution is 6.06. The summed E-state index contributed by atoms with van der Waals surface area (Å²) in [5.74, 6) is 0.875. The highest BCUT2D eigenvalue weighted by Crippen LogP contribution is 2.30. The lowest BCUT2D eigenvalue weighted by Gasteiger charge is -2.23. The Hall–Kier alpha value is -1.90. The molecule has 1 fully saturated rings. The van der Waals surface area contributed by atoms with Gasteiger partial charge in [0.1, 0.15) is 0 Å². The summed E-state index contributed by atoms with van der Waals surface area (Å²) in [6.07, 6.45) is 3.54. The Labute approximate surface area is 126 Å². The average molecular weight is 282 g/mol. The van der Waals surface area contributed by atoms with E-state index in [9.17, 15) is 4.79 Å². The van der Waals surface area contributed by atoms with E-state index >= 15 is 0 Å². The van der Waals surface area contributed by atoms with Crippen molar-refractivity contribution >= 4 is 16.8 Å². The van der Waals surface area contributed by atoms with Gasteiger partial charge in [-0.1, -0.05) is 25.1 Å². The van der Waals surface area contributed by atoms with Gasteiger partial charge in [0, 0.05) is 24.2 Å². The maximum absolute atomic E-state index is 13.0. The molecular formula is C18H22N2O. The van der Waals surface area contributed by atoms with Crippen LogP contribution in [0, 0.1) is 12.8 Å². The van der Waals surface area contributed by atoms with Gasteiger partial charge >= 0.3 is 0 Å². The lowest BCUT2D eigenvalue weighted by molar-refractivity contribution is 0.0749. The number of amides is 1. The fourth-order valence-electron chi connectivity index (χ4n) is 2.81. The SMILES string of the molecule is CCCN(CC1CC1)C(=O)c1cc(C)nc2ccccc12. The molecule has 1 aromatic heterocycles. The second-order valence-electron chi connectivity index (χ2n) is 6.02. The second kappa shape index (κ2) is 5.84. The number of aryl methyl sites for hydroxylation is 1. The molecule has 0 unspecified atom stereocenters. The number of hydrogen-bond donors (Lipinski definition) is 0. The van der Waals surface area contributed by atoms with Crippen LogP contribution >= 0.6 is 0 Å². The Morgan fingerprint density at radius 3 is 2.81 bits per heavy atom. The number of pyridine rings is 1. The van der Waals surface area contributed by atoms with Crippen molar-refractivity contribution in [2.45, 2.75) is 33.1 Å². The number of aromatic nitrogens is 1. The second-order valence-corrected chi connectivity index (χ2v) is 6.02. The molecule has 1 aliphatic rings. The molecule has 0 atom stereocenters. The lowest BCUT2D eigenvalue weighted by Crippen LogP contribution is -2.33. The van der Waals surface area contributed by atoms with Gasteiger partial charge in [0.25, 0.3) is 5.91 Å². The van der Waals surface area contributed by atoms with Crippen LogP contribution in [0.4, 0.5) is 0 Å². The molecule has 1 aromatic carbocycles. The molecule has 1 aliphatic carbocycles. The molecule has 0 saturated heterocycles. The standard InChI is InChI=1S/C18H22N2O/c1-3-10-20(12-14-8-9-14)18(21)16-11-13(2)19-17-7-5-4-6-15(16)17/h4-7,11,14H,3,8-10,12H2,1-2H3. The smallest absolute Gasteiger partial charge is 0.254 e. The van der Waals surface area contributed by atoms with Crippen LogP contribution in [0.15, 0.2) is 30.3 Å². The van der Waals surface area contributed by atoms with E-state index in [0.29, 0.717) is 0 Å². The van der Waals surface area contributed by atoms with E-state index in [2.05, 4.69) is 11.9 Å². The number of nitrogens with zero attached hydrogens (tertiary/aromatic N) is 2. The summed E-state index contributed by atoms with van der Waals surface area (Å²) in [5.41, 5.74) is 2.61. The Bertz CT molecular complexity index is 661. The summed E-state index contributed by atoms with van der Waals surface area (Å²) in [7, 11) is 0. The van der Waals surface area contributed by atoms with E-state index in [0.717, 1.165) is 47.6 Å². The first kappa shape index (κ1) is 14.1. The van der Waals surface area contributed by atoms with Crippen molar-refractivity contribution in [2.75, 3.05) is 13.1 Å². The normalized spacial score (nSPS) is 14.4. The predicted molar refractivity (Wildman–Crippen MR) is 85.4 cm³/mol. The maximum atomic E-state index is 13.0. The van der Waals surface area contributed by atoms with Gasteiger partial charge in [0.2, 0.25) is 0 Å². The zero-order valence-corrected chi connectivity index (χ0v) is 12.8. The van der Waals surface area contributed by atoms with Crippen LogP contribution in [-0.2, 0) is 0 Å². The first-order valence-corrected chi connectivity index (χ1v) is 7.84. The highest BCUT2D eigenvalue weighted by atomic mass is 16.2. The Balaban J connectivity index is 1.98. The van der Waals surface area contributed by atoms with Gasteiger partial charge < -0.3 is 4.90 Å². The molecule has 0 radical (unpaired) electrons. The molecule has 110 valence electrons. The summed E-state index contributed by atoms with van der Waals surface area (Å²) in [4.78, 5) is 19.5. The third-order valence-electron chi connectivity index (χ3n) is 4.03. The van der Waals surface area contributed by atoms with Crippen LogP contribution in [0.5, 0.6) is 0 Å². The molecule has 3 heteroatoms. The monoisotopic (exact) mass is 282 g/mol. The van der Waals surface area contributed by atoms with Crippen LogP contribution in [0.2, 0.25) is 0 Å². The van der Waals surface area contributed by atoms with E-state index in [1.54, 1.807) is 0 Å².